The summed E-state index contributed by atoms with van der Waals surface area (Å²) >= 11 is 0. The van der Waals surface area contributed by atoms with Crippen molar-refractivity contribution >= 4 is 23.4 Å². The zero-order valence-corrected chi connectivity index (χ0v) is 16.0. The average molecular weight is 362 g/mol. The Hall–Kier alpha value is -2.94. The number of hydrogen-bond donors (Lipinski definition) is 0. The molecule has 0 unspecified atom stereocenters. The number of rotatable bonds is 9. The summed E-state index contributed by atoms with van der Waals surface area (Å²) in [4.78, 5) is 24.5. The van der Waals surface area contributed by atoms with Crippen molar-refractivity contribution in [2.24, 2.45) is 0 Å². The third-order valence-corrected chi connectivity index (χ3v) is 4.22. The molecule has 0 spiro atoms. The second kappa shape index (κ2) is 10.9. The summed E-state index contributed by atoms with van der Waals surface area (Å²) in [5, 5.41) is 0. The Kier molecular flexibility index (Phi) is 8.24. The minimum Gasteiger partial charge on any atom is -0.463 e. The van der Waals surface area contributed by atoms with Crippen LogP contribution in [-0.4, -0.2) is 18.4 Å². The van der Waals surface area contributed by atoms with Crippen molar-refractivity contribution in [3.8, 4) is 0 Å². The maximum Gasteiger partial charge on any atom is 0.334 e. The molecule has 0 aromatic heterocycles. The average Bonchev–Trinajstić information content (AvgIpc) is 2.71. The van der Waals surface area contributed by atoms with Crippen molar-refractivity contribution in [2.45, 2.75) is 33.1 Å². The van der Waals surface area contributed by atoms with E-state index >= 15 is 0 Å². The topological polar surface area (TPSA) is 43.4 Å². The summed E-state index contributed by atoms with van der Waals surface area (Å²) in [5.74, 6) is -0.228. The highest BCUT2D eigenvalue weighted by Gasteiger charge is 2.17. The van der Waals surface area contributed by atoms with E-state index in [9.17, 15) is 9.59 Å². The van der Waals surface area contributed by atoms with Gasteiger partial charge < -0.3 is 4.74 Å². The first-order valence-electron chi connectivity index (χ1n) is 9.36. The van der Waals surface area contributed by atoms with Gasteiger partial charge in [0, 0.05) is 18.4 Å². The van der Waals surface area contributed by atoms with Gasteiger partial charge in [0.1, 0.15) is 5.78 Å². The maximum atomic E-state index is 12.6. The molecule has 2 rings (SSSR count). The molecule has 0 fully saturated rings. The van der Waals surface area contributed by atoms with E-state index in [1.165, 1.54) is 0 Å². The number of ether oxygens (including phenoxy) is 1. The van der Waals surface area contributed by atoms with Crippen LogP contribution in [0.5, 0.6) is 0 Å². The SMILES string of the molecule is CCOC(=O)/C(CCC(=O)CC)=C(/C=C/c1ccccc1)c1ccccc1. The van der Waals surface area contributed by atoms with Gasteiger partial charge in [0.25, 0.3) is 0 Å². The van der Waals surface area contributed by atoms with E-state index in [2.05, 4.69) is 0 Å². The number of esters is 1. The van der Waals surface area contributed by atoms with E-state index in [0.29, 0.717) is 31.4 Å². The molecule has 0 N–H and O–H groups in total. The molecule has 0 heterocycles. The third-order valence-electron chi connectivity index (χ3n) is 4.22. The van der Waals surface area contributed by atoms with Gasteiger partial charge >= 0.3 is 5.97 Å². The predicted octanol–water partition coefficient (Wildman–Crippen LogP) is 5.48. The Bertz CT molecular complexity index is 802. The second-order valence-corrected chi connectivity index (χ2v) is 6.11. The number of benzene rings is 2. The van der Waals surface area contributed by atoms with Gasteiger partial charge in [-0.2, -0.15) is 0 Å². The lowest BCUT2D eigenvalue weighted by atomic mass is 9.94. The molecule has 3 heteroatoms. The Morgan fingerprint density at radius 1 is 0.889 bits per heavy atom. The van der Waals surface area contributed by atoms with Crippen LogP contribution in [0.15, 0.2) is 72.3 Å². The first-order valence-corrected chi connectivity index (χ1v) is 9.36. The van der Waals surface area contributed by atoms with Gasteiger partial charge in [-0.05, 0) is 30.0 Å². The number of carbonyl (C=O) groups excluding carboxylic acids is 2. The van der Waals surface area contributed by atoms with E-state index in [-0.39, 0.29) is 11.8 Å². The van der Waals surface area contributed by atoms with Crippen LogP contribution in [0.4, 0.5) is 0 Å². The normalized spacial score (nSPS) is 11.9. The van der Waals surface area contributed by atoms with Gasteiger partial charge in [-0.15, -0.1) is 0 Å². The van der Waals surface area contributed by atoms with Crippen LogP contribution < -0.4 is 0 Å². The molecule has 0 saturated heterocycles. The van der Waals surface area contributed by atoms with Gasteiger partial charge in [-0.25, -0.2) is 4.79 Å². The van der Waals surface area contributed by atoms with E-state index in [1.54, 1.807) is 6.92 Å². The molecule has 0 bridgehead atoms. The molecule has 3 nitrogen and oxygen atoms in total. The second-order valence-electron chi connectivity index (χ2n) is 6.11. The van der Waals surface area contributed by atoms with Crippen molar-refractivity contribution < 1.29 is 14.3 Å². The minimum absolute atomic E-state index is 0.135. The number of carbonyl (C=O) groups is 2. The molecule has 0 aliphatic rings. The van der Waals surface area contributed by atoms with E-state index < -0.39 is 0 Å². The summed E-state index contributed by atoms with van der Waals surface area (Å²) < 4.78 is 5.28. The largest absolute Gasteiger partial charge is 0.463 e. The van der Waals surface area contributed by atoms with E-state index in [1.807, 2.05) is 79.7 Å². The molecule has 0 radical (unpaired) electrons. The fourth-order valence-corrected chi connectivity index (χ4v) is 2.74. The summed E-state index contributed by atoms with van der Waals surface area (Å²) in [6.45, 7) is 3.92. The fraction of sp³-hybridized carbons (Fsp3) is 0.250. The monoisotopic (exact) mass is 362 g/mol. The Morgan fingerprint density at radius 3 is 2.11 bits per heavy atom. The quantitative estimate of drug-likeness (QED) is 0.337. The molecule has 2 aromatic carbocycles. The summed E-state index contributed by atoms with van der Waals surface area (Å²) in [5.41, 5.74) is 3.30. The van der Waals surface area contributed by atoms with Crippen LogP contribution in [0, 0.1) is 0 Å². The summed E-state index contributed by atoms with van der Waals surface area (Å²) in [7, 11) is 0. The van der Waals surface area contributed by atoms with Crippen molar-refractivity contribution in [3.63, 3.8) is 0 Å². The zero-order chi connectivity index (χ0) is 19.5. The first-order chi connectivity index (χ1) is 13.2. The van der Waals surface area contributed by atoms with E-state index in [0.717, 1.165) is 16.7 Å². The lowest BCUT2D eigenvalue weighted by Gasteiger charge is -2.12. The maximum absolute atomic E-state index is 12.6. The molecular formula is C24H26O3. The number of ketones is 1. The highest BCUT2D eigenvalue weighted by molar-refractivity contribution is 6.01. The van der Waals surface area contributed by atoms with Gasteiger partial charge in [-0.1, -0.05) is 79.7 Å². The van der Waals surface area contributed by atoms with Crippen LogP contribution in [0.2, 0.25) is 0 Å². The molecule has 140 valence electrons. The van der Waals surface area contributed by atoms with Crippen LogP contribution in [0.3, 0.4) is 0 Å². The predicted molar refractivity (Wildman–Crippen MR) is 110 cm³/mol. The summed E-state index contributed by atoms with van der Waals surface area (Å²) in [6, 6.07) is 19.6. The van der Waals surface area contributed by atoms with Crippen LogP contribution >= 0.6 is 0 Å². The minimum atomic E-state index is -0.363. The van der Waals surface area contributed by atoms with Gasteiger partial charge in [0.15, 0.2) is 0 Å². The molecular weight excluding hydrogens is 336 g/mol. The van der Waals surface area contributed by atoms with E-state index in [4.69, 9.17) is 4.74 Å². The van der Waals surface area contributed by atoms with Crippen molar-refractivity contribution in [1.29, 1.82) is 0 Å². The molecule has 0 saturated carbocycles. The Morgan fingerprint density at radius 2 is 1.52 bits per heavy atom. The molecule has 0 atom stereocenters. The molecule has 0 amide bonds. The lowest BCUT2D eigenvalue weighted by Crippen LogP contribution is -2.11. The number of hydrogen-bond acceptors (Lipinski definition) is 3. The lowest BCUT2D eigenvalue weighted by molar-refractivity contribution is -0.138. The fourth-order valence-electron chi connectivity index (χ4n) is 2.74. The van der Waals surface area contributed by atoms with Crippen LogP contribution in [0.25, 0.3) is 11.6 Å². The molecule has 0 aliphatic heterocycles. The van der Waals surface area contributed by atoms with Crippen molar-refractivity contribution in [1.82, 2.24) is 0 Å². The van der Waals surface area contributed by atoms with Gasteiger partial charge in [-0.3, -0.25) is 4.79 Å². The third kappa shape index (κ3) is 6.37. The Balaban J connectivity index is 2.50. The molecule has 2 aromatic rings. The van der Waals surface area contributed by atoms with Crippen molar-refractivity contribution in [3.05, 3.63) is 83.4 Å². The highest BCUT2D eigenvalue weighted by Crippen LogP contribution is 2.26. The Labute approximate surface area is 161 Å². The number of Topliss-reactive ketones (excluding diaryl/α,β-unsaturated/α-hetero) is 1. The number of allylic oxidation sites excluding steroid dienone is 2. The molecule has 27 heavy (non-hydrogen) atoms. The van der Waals surface area contributed by atoms with Crippen LogP contribution in [0.1, 0.15) is 44.2 Å². The standard InChI is InChI=1S/C24H26O3/c1-3-21(25)16-18-23(24(26)27-4-2)22(20-13-9-6-10-14-20)17-15-19-11-7-5-8-12-19/h5-15,17H,3-4,16,18H2,1-2H3/b17-15+,23-22-. The van der Waals surface area contributed by atoms with Crippen LogP contribution in [-0.2, 0) is 14.3 Å². The zero-order valence-electron chi connectivity index (χ0n) is 16.0. The first kappa shape index (κ1) is 20.4. The van der Waals surface area contributed by atoms with Gasteiger partial charge in [0.2, 0.25) is 0 Å². The van der Waals surface area contributed by atoms with Crippen molar-refractivity contribution in [2.75, 3.05) is 6.61 Å². The summed E-state index contributed by atoms with van der Waals surface area (Å²) in [6.07, 6.45) is 5.09. The van der Waals surface area contributed by atoms with Gasteiger partial charge in [0.05, 0.1) is 6.61 Å². The molecule has 0 aliphatic carbocycles. The highest BCUT2D eigenvalue weighted by atomic mass is 16.5. The smallest absolute Gasteiger partial charge is 0.334 e.